The van der Waals surface area contributed by atoms with Gasteiger partial charge in [0.2, 0.25) is 15.7 Å². The van der Waals surface area contributed by atoms with Crippen LogP contribution in [0.4, 0.5) is 5.00 Å². The van der Waals surface area contributed by atoms with E-state index >= 15 is 0 Å². The average Bonchev–Trinajstić information content (AvgIpc) is 3.03. The minimum atomic E-state index is -3.74. The van der Waals surface area contributed by atoms with E-state index in [1.165, 1.54) is 26.2 Å². The lowest BCUT2D eigenvalue weighted by Gasteiger charge is -2.13. The highest BCUT2D eigenvalue weighted by molar-refractivity contribution is 7.89. The largest absolute Gasteiger partial charge is 0.461 e. The Morgan fingerprint density at radius 1 is 1.35 bits per heavy atom. The number of nitrogens with one attached hydrogen (secondary N) is 1. The molecule has 12 heteroatoms. The molecule has 0 spiro atoms. The maximum absolute atomic E-state index is 12.5. The van der Waals surface area contributed by atoms with E-state index in [1.54, 1.807) is 6.92 Å². The van der Waals surface area contributed by atoms with Crippen molar-refractivity contribution in [2.24, 2.45) is 0 Å². The van der Waals surface area contributed by atoms with Crippen molar-refractivity contribution >= 4 is 50.0 Å². The van der Waals surface area contributed by atoms with Gasteiger partial charge in [0.1, 0.15) is 0 Å². The molecule has 0 aliphatic rings. The SMILES string of the molecule is CCOC(=O)c1nnsc1NC(=O)c1cc(S(=O)(=O)N(C)C)ccc1Cl. The van der Waals surface area contributed by atoms with Crippen molar-refractivity contribution in [2.45, 2.75) is 11.8 Å². The van der Waals surface area contributed by atoms with Crippen molar-refractivity contribution < 1.29 is 22.7 Å². The van der Waals surface area contributed by atoms with Crippen LogP contribution in [-0.2, 0) is 14.8 Å². The van der Waals surface area contributed by atoms with E-state index in [0.717, 1.165) is 21.9 Å². The molecule has 1 amide bonds. The Kier molecular flexibility index (Phi) is 6.29. The zero-order valence-electron chi connectivity index (χ0n) is 14.0. The second-order valence-electron chi connectivity index (χ2n) is 5.05. The zero-order chi connectivity index (χ0) is 19.5. The van der Waals surface area contributed by atoms with Crippen molar-refractivity contribution in [1.29, 1.82) is 0 Å². The Morgan fingerprint density at radius 3 is 2.65 bits per heavy atom. The molecule has 1 aromatic carbocycles. The van der Waals surface area contributed by atoms with Crippen LogP contribution in [0.15, 0.2) is 23.1 Å². The van der Waals surface area contributed by atoms with Gasteiger partial charge < -0.3 is 10.1 Å². The normalized spacial score (nSPS) is 11.4. The number of hydrogen-bond donors (Lipinski definition) is 1. The number of aromatic nitrogens is 2. The fourth-order valence-corrected chi connectivity index (χ4v) is 3.51. The minimum absolute atomic E-state index is 0.0513. The Balaban J connectivity index is 2.34. The van der Waals surface area contributed by atoms with E-state index in [-0.39, 0.29) is 32.8 Å². The van der Waals surface area contributed by atoms with Crippen LogP contribution in [0.25, 0.3) is 0 Å². The third kappa shape index (κ3) is 4.18. The van der Waals surface area contributed by atoms with Gasteiger partial charge in [-0.1, -0.05) is 16.1 Å². The molecule has 26 heavy (non-hydrogen) atoms. The van der Waals surface area contributed by atoms with Crippen LogP contribution in [-0.4, -0.2) is 54.9 Å². The number of sulfonamides is 1. The molecule has 1 aromatic heterocycles. The second kappa shape index (κ2) is 8.08. The highest BCUT2D eigenvalue weighted by Crippen LogP contribution is 2.25. The maximum Gasteiger partial charge on any atom is 0.362 e. The molecule has 0 saturated heterocycles. The van der Waals surface area contributed by atoms with Crippen molar-refractivity contribution in [1.82, 2.24) is 13.9 Å². The van der Waals surface area contributed by atoms with Gasteiger partial charge in [-0.2, -0.15) is 0 Å². The topological polar surface area (TPSA) is 119 Å². The Bertz CT molecular complexity index is 943. The molecule has 0 fully saturated rings. The van der Waals surface area contributed by atoms with E-state index in [4.69, 9.17) is 16.3 Å². The first kappa shape index (κ1) is 20.2. The van der Waals surface area contributed by atoms with Crippen LogP contribution in [0, 0.1) is 0 Å². The number of carbonyl (C=O) groups is 2. The molecule has 0 saturated carbocycles. The van der Waals surface area contributed by atoms with Gasteiger partial charge in [0.25, 0.3) is 5.91 Å². The number of amides is 1. The van der Waals surface area contributed by atoms with Crippen LogP contribution in [0.5, 0.6) is 0 Å². The first-order valence-electron chi connectivity index (χ1n) is 7.21. The van der Waals surface area contributed by atoms with Crippen molar-refractivity contribution in [3.05, 3.63) is 34.5 Å². The molecule has 0 aliphatic heterocycles. The summed E-state index contributed by atoms with van der Waals surface area (Å²) in [5, 5.41) is 6.21. The molecule has 1 heterocycles. The van der Waals surface area contributed by atoms with E-state index in [1.807, 2.05) is 0 Å². The minimum Gasteiger partial charge on any atom is -0.461 e. The van der Waals surface area contributed by atoms with Crippen LogP contribution in [0.3, 0.4) is 0 Å². The Hall–Kier alpha value is -2.08. The van der Waals surface area contributed by atoms with Crippen LogP contribution < -0.4 is 5.32 Å². The number of anilines is 1. The van der Waals surface area contributed by atoms with Gasteiger partial charge in [0, 0.05) is 25.6 Å². The predicted molar refractivity (Wildman–Crippen MR) is 96.1 cm³/mol. The van der Waals surface area contributed by atoms with Crippen LogP contribution in [0.2, 0.25) is 5.02 Å². The molecule has 1 N–H and O–H groups in total. The van der Waals surface area contributed by atoms with Gasteiger partial charge >= 0.3 is 5.97 Å². The number of hydrogen-bond acceptors (Lipinski definition) is 8. The van der Waals surface area contributed by atoms with E-state index in [9.17, 15) is 18.0 Å². The first-order valence-corrected chi connectivity index (χ1v) is 9.80. The molecule has 0 radical (unpaired) electrons. The summed E-state index contributed by atoms with van der Waals surface area (Å²) in [7, 11) is -0.996. The Morgan fingerprint density at radius 2 is 2.04 bits per heavy atom. The summed E-state index contributed by atoms with van der Waals surface area (Å²) in [6.45, 7) is 1.77. The van der Waals surface area contributed by atoms with Gasteiger partial charge in [0.15, 0.2) is 5.00 Å². The summed E-state index contributed by atoms with van der Waals surface area (Å²) in [4.78, 5) is 24.2. The van der Waals surface area contributed by atoms with Gasteiger partial charge in [-0.05, 0) is 25.1 Å². The number of nitrogens with zero attached hydrogens (tertiary/aromatic N) is 3. The smallest absolute Gasteiger partial charge is 0.362 e. The number of halogens is 1. The molecule has 0 bridgehead atoms. The molecular weight excluding hydrogens is 404 g/mol. The lowest BCUT2D eigenvalue weighted by Crippen LogP contribution is -2.23. The summed E-state index contributed by atoms with van der Waals surface area (Å²) >= 11 is 6.81. The molecule has 9 nitrogen and oxygen atoms in total. The number of carbonyl (C=O) groups excluding carboxylic acids is 2. The average molecular weight is 419 g/mol. The van der Waals surface area contributed by atoms with E-state index < -0.39 is 21.9 Å². The molecule has 0 unspecified atom stereocenters. The van der Waals surface area contributed by atoms with E-state index in [0.29, 0.717) is 0 Å². The zero-order valence-corrected chi connectivity index (χ0v) is 16.4. The summed E-state index contributed by atoms with van der Waals surface area (Å²) in [5.74, 6) is -1.44. The molecule has 0 atom stereocenters. The predicted octanol–water partition coefficient (Wildman–Crippen LogP) is 1.87. The molecule has 140 valence electrons. The molecule has 0 aliphatic carbocycles. The summed E-state index contributed by atoms with van der Waals surface area (Å²) in [6.07, 6.45) is 0. The van der Waals surface area contributed by atoms with Gasteiger partial charge in [0.05, 0.1) is 22.1 Å². The Labute approximate surface area is 159 Å². The van der Waals surface area contributed by atoms with Crippen LogP contribution in [0.1, 0.15) is 27.8 Å². The number of rotatable bonds is 6. The van der Waals surface area contributed by atoms with Crippen molar-refractivity contribution in [3.8, 4) is 0 Å². The maximum atomic E-state index is 12.5. The standard InChI is InChI=1S/C14H15ClN4O5S2/c1-4-24-14(21)11-13(25-18-17-11)16-12(20)9-7-8(5-6-10(9)15)26(22,23)19(2)3/h5-7H,4H2,1-3H3,(H,16,20). The van der Waals surface area contributed by atoms with E-state index in [2.05, 4.69) is 14.9 Å². The number of benzene rings is 1. The van der Waals surface area contributed by atoms with Crippen molar-refractivity contribution in [2.75, 3.05) is 26.0 Å². The summed E-state index contributed by atoms with van der Waals surface area (Å²) in [6, 6.07) is 3.77. The number of ether oxygens (including phenoxy) is 1. The lowest BCUT2D eigenvalue weighted by atomic mass is 10.2. The highest BCUT2D eigenvalue weighted by atomic mass is 35.5. The fourth-order valence-electron chi connectivity index (χ4n) is 1.83. The van der Waals surface area contributed by atoms with Crippen molar-refractivity contribution in [3.63, 3.8) is 0 Å². The van der Waals surface area contributed by atoms with Gasteiger partial charge in [-0.3, -0.25) is 4.79 Å². The third-order valence-electron chi connectivity index (χ3n) is 3.14. The lowest BCUT2D eigenvalue weighted by molar-refractivity contribution is 0.0520. The quantitative estimate of drug-likeness (QED) is 0.711. The fraction of sp³-hybridized carbons (Fsp3) is 0.286. The van der Waals surface area contributed by atoms with Gasteiger partial charge in [-0.15, -0.1) is 5.10 Å². The summed E-state index contributed by atoms with van der Waals surface area (Å²) < 4.78 is 33.9. The molecular formula is C14H15ClN4O5S2. The molecule has 2 rings (SSSR count). The second-order valence-corrected chi connectivity index (χ2v) is 8.37. The van der Waals surface area contributed by atoms with Crippen LogP contribution >= 0.6 is 23.1 Å². The molecule has 2 aromatic rings. The van der Waals surface area contributed by atoms with Gasteiger partial charge in [-0.25, -0.2) is 17.5 Å². The first-order chi connectivity index (χ1) is 12.2. The monoisotopic (exact) mass is 418 g/mol. The number of esters is 1. The summed E-state index contributed by atoms with van der Waals surface area (Å²) in [5.41, 5.74) is -0.212. The highest BCUT2D eigenvalue weighted by Gasteiger charge is 2.23. The third-order valence-corrected chi connectivity index (χ3v) is 5.93.